The number of rotatable bonds is 7. The first kappa shape index (κ1) is 26.1. The van der Waals surface area contributed by atoms with Crippen LogP contribution in [0.3, 0.4) is 0 Å². The zero-order valence-corrected chi connectivity index (χ0v) is 22.9. The highest BCUT2D eigenvalue weighted by molar-refractivity contribution is 7.10. The van der Waals surface area contributed by atoms with Crippen molar-refractivity contribution < 1.29 is 9.59 Å². The summed E-state index contributed by atoms with van der Waals surface area (Å²) in [5.74, 6) is 0.700. The van der Waals surface area contributed by atoms with Gasteiger partial charge in [-0.15, -0.1) is 11.3 Å². The van der Waals surface area contributed by atoms with E-state index in [2.05, 4.69) is 20.4 Å². The molecule has 0 aliphatic carbocycles. The van der Waals surface area contributed by atoms with Gasteiger partial charge in [0, 0.05) is 47.7 Å². The van der Waals surface area contributed by atoms with Gasteiger partial charge >= 0.3 is 0 Å². The number of carbonyl (C=O) groups excluding carboxylic acids is 2. The molecule has 0 spiro atoms. The number of nitrogens with one attached hydrogen (secondary N) is 1. The lowest BCUT2D eigenvalue weighted by Gasteiger charge is -2.31. The average molecular weight is 549 g/mol. The van der Waals surface area contributed by atoms with E-state index < -0.39 is 0 Å². The lowest BCUT2D eigenvalue weighted by Crippen LogP contribution is -2.38. The fraction of sp³-hybridized carbons (Fsp3) is 0.321. The zero-order valence-electron chi connectivity index (χ0n) is 21.4. The quantitative estimate of drug-likeness (QED) is 0.325. The molecular formula is C28H29ClN6O2S. The summed E-state index contributed by atoms with van der Waals surface area (Å²) in [6.07, 6.45) is 4.55. The Hall–Kier alpha value is -3.56. The summed E-state index contributed by atoms with van der Waals surface area (Å²) >= 11 is 7.44. The van der Waals surface area contributed by atoms with Crippen LogP contribution in [0.15, 0.2) is 54.0 Å². The molecule has 38 heavy (non-hydrogen) atoms. The Labute approximate surface area is 230 Å². The Kier molecular flexibility index (Phi) is 7.85. The summed E-state index contributed by atoms with van der Waals surface area (Å²) in [7, 11) is 0. The molecule has 0 atom stereocenters. The van der Waals surface area contributed by atoms with E-state index in [1.165, 1.54) is 11.3 Å². The fourth-order valence-electron chi connectivity index (χ4n) is 4.71. The molecule has 5 rings (SSSR count). The summed E-state index contributed by atoms with van der Waals surface area (Å²) in [5, 5.41) is 10.9. The Morgan fingerprint density at radius 1 is 1.13 bits per heavy atom. The Morgan fingerprint density at radius 3 is 2.61 bits per heavy atom. The van der Waals surface area contributed by atoms with Crippen LogP contribution in [0.25, 0.3) is 5.82 Å². The number of carbonyl (C=O) groups is 2. The molecule has 3 aromatic heterocycles. The molecule has 1 saturated heterocycles. The number of pyridine rings is 1. The van der Waals surface area contributed by atoms with Crippen LogP contribution in [0.2, 0.25) is 5.02 Å². The molecular weight excluding hydrogens is 520 g/mol. The van der Waals surface area contributed by atoms with Gasteiger partial charge in [0.2, 0.25) is 5.91 Å². The topological polar surface area (TPSA) is 93.0 Å². The smallest absolute Gasteiger partial charge is 0.275 e. The molecule has 0 bridgehead atoms. The van der Waals surface area contributed by atoms with E-state index in [0.29, 0.717) is 48.2 Å². The number of aryl methyl sites for hydroxylation is 3. The maximum absolute atomic E-state index is 13.0. The van der Waals surface area contributed by atoms with Crippen LogP contribution in [0.4, 0.5) is 5.69 Å². The molecule has 4 heterocycles. The van der Waals surface area contributed by atoms with Crippen molar-refractivity contribution in [1.29, 1.82) is 0 Å². The molecule has 1 aliphatic rings. The van der Waals surface area contributed by atoms with Gasteiger partial charge in [0.25, 0.3) is 5.91 Å². The molecule has 8 nitrogen and oxygen atoms in total. The third-order valence-electron chi connectivity index (χ3n) is 6.74. The first-order chi connectivity index (χ1) is 18.4. The van der Waals surface area contributed by atoms with Gasteiger partial charge in [-0.2, -0.15) is 5.10 Å². The molecule has 0 saturated carbocycles. The van der Waals surface area contributed by atoms with Gasteiger partial charge in [0.15, 0.2) is 5.82 Å². The van der Waals surface area contributed by atoms with Gasteiger partial charge in [0.1, 0.15) is 5.69 Å². The van der Waals surface area contributed by atoms with E-state index in [1.54, 1.807) is 22.3 Å². The van der Waals surface area contributed by atoms with Gasteiger partial charge in [0.05, 0.1) is 16.4 Å². The maximum Gasteiger partial charge on any atom is 0.275 e. The second kappa shape index (κ2) is 11.4. The second-order valence-electron chi connectivity index (χ2n) is 9.52. The minimum Gasteiger partial charge on any atom is -0.343 e. The number of anilines is 1. The Morgan fingerprint density at radius 2 is 1.89 bits per heavy atom. The van der Waals surface area contributed by atoms with Crippen molar-refractivity contribution in [2.75, 3.05) is 18.4 Å². The van der Waals surface area contributed by atoms with E-state index >= 15 is 0 Å². The zero-order chi connectivity index (χ0) is 26.6. The van der Waals surface area contributed by atoms with Crippen LogP contribution >= 0.6 is 22.9 Å². The lowest BCUT2D eigenvalue weighted by atomic mass is 9.97. The number of hydrogen-bond donors (Lipinski definition) is 1. The van der Waals surface area contributed by atoms with Crippen LogP contribution in [0.1, 0.15) is 57.6 Å². The minimum absolute atomic E-state index is 0.174. The summed E-state index contributed by atoms with van der Waals surface area (Å²) in [5.41, 5.74) is 3.88. The minimum atomic E-state index is -0.280. The van der Waals surface area contributed by atoms with Crippen molar-refractivity contribution in [3.05, 3.63) is 86.7 Å². The molecule has 4 aromatic rings. The van der Waals surface area contributed by atoms with E-state index in [1.807, 2.05) is 55.1 Å². The lowest BCUT2D eigenvalue weighted by molar-refractivity contribution is -0.132. The summed E-state index contributed by atoms with van der Waals surface area (Å²) < 4.78 is 1.72. The second-order valence-corrected chi connectivity index (χ2v) is 10.8. The van der Waals surface area contributed by atoms with Gasteiger partial charge < -0.3 is 10.2 Å². The fourth-order valence-corrected chi connectivity index (χ4v) is 5.81. The SMILES string of the molecule is Cc1cc(C)n(-c2ncccc2NC(=O)c2csc(C3CCN(C(=O)CCc4ccc(Cl)cc4)CC3)n2)n1. The molecule has 1 aromatic carbocycles. The monoisotopic (exact) mass is 548 g/mol. The number of piperidine rings is 1. The highest BCUT2D eigenvalue weighted by atomic mass is 35.5. The Bertz CT molecular complexity index is 1440. The Balaban J connectivity index is 1.17. The third kappa shape index (κ3) is 5.95. The van der Waals surface area contributed by atoms with Crippen molar-refractivity contribution in [3.8, 4) is 5.82 Å². The van der Waals surface area contributed by atoms with E-state index in [-0.39, 0.29) is 17.7 Å². The molecule has 0 radical (unpaired) electrons. The normalized spacial score (nSPS) is 14.0. The van der Waals surface area contributed by atoms with E-state index in [9.17, 15) is 9.59 Å². The van der Waals surface area contributed by atoms with Gasteiger partial charge in [-0.05, 0) is 69.0 Å². The number of halogens is 1. The number of hydrogen-bond acceptors (Lipinski definition) is 6. The molecule has 2 amide bonds. The van der Waals surface area contributed by atoms with Crippen molar-refractivity contribution in [3.63, 3.8) is 0 Å². The standard InChI is InChI=1S/C28H29ClN6O2S/c1-18-16-19(2)35(33-18)26-23(4-3-13-30-26)31-27(37)24-17-38-28(32-24)21-11-14-34(15-12-21)25(36)10-7-20-5-8-22(29)9-6-20/h3-6,8-9,13,16-17,21H,7,10-12,14-15H2,1-2H3,(H,31,37). The number of likely N-dealkylation sites (tertiary alicyclic amines) is 1. The first-order valence-corrected chi connectivity index (χ1v) is 13.9. The molecule has 0 unspecified atom stereocenters. The third-order valence-corrected chi connectivity index (χ3v) is 8.00. The predicted molar refractivity (Wildman–Crippen MR) is 149 cm³/mol. The van der Waals surface area contributed by atoms with Crippen molar-refractivity contribution >= 4 is 40.4 Å². The largest absolute Gasteiger partial charge is 0.343 e. The maximum atomic E-state index is 13.0. The van der Waals surface area contributed by atoms with Gasteiger partial charge in [-0.25, -0.2) is 14.6 Å². The van der Waals surface area contributed by atoms with Crippen molar-refractivity contribution in [1.82, 2.24) is 24.6 Å². The highest BCUT2D eigenvalue weighted by Gasteiger charge is 2.26. The van der Waals surface area contributed by atoms with E-state index in [0.717, 1.165) is 34.8 Å². The summed E-state index contributed by atoms with van der Waals surface area (Å²) in [6, 6.07) is 13.2. The predicted octanol–water partition coefficient (Wildman–Crippen LogP) is 5.59. The average Bonchev–Trinajstić information content (AvgIpc) is 3.55. The molecule has 1 N–H and O–H groups in total. The number of thiazole rings is 1. The first-order valence-electron chi connectivity index (χ1n) is 12.6. The van der Waals surface area contributed by atoms with Crippen LogP contribution < -0.4 is 5.32 Å². The van der Waals surface area contributed by atoms with Gasteiger partial charge in [-0.3, -0.25) is 9.59 Å². The van der Waals surface area contributed by atoms with Crippen molar-refractivity contribution in [2.24, 2.45) is 0 Å². The molecule has 1 fully saturated rings. The number of amides is 2. The van der Waals surface area contributed by atoms with Crippen molar-refractivity contribution in [2.45, 2.75) is 45.4 Å². The summed E-state index contributed by atoms with van der Waals surface area (Å²) in [4.78, 5) is 36.8. The molecule has 1 aliphatic heterocycles. The number of benzene rings is 1. The number of nitrogens with zero attached hydrogens (tertiary/aromatic N) is 5. The van der Waals surface area contributed by atoms with Gasteiger partial charge in [-0.1, -0.05) is 23.7 Å². The van der Waals surface area contributed by atoms with Crippen LogP contribution in [0.5, 0.6) is 0 Å². The number of aromatic nitrogens is 4. The van der Waals surface area contributed by atoms with Crippen LogP contribution in [-0.4, -0.2) is 49.6 Å². The van der Waals surface area contributed by atoms with Crippen LogP contribution in [-0.2, 0) is 11.2 Å². The molecule has 196 valence electrons. The summed E-state index contributed by atoms with van der Waals surface area (Å²) in [6.45, 7) is 5.27. The highest BCUT2D eigenvalue weighted by Crippen LogP contribution is 2.31. The molecule has 10 heteroatoms. The van der Waals surface area contributed by atoms with Crippen LogP contribution in [0, 0.1) is 13.8 Å². The van der Waals surface area contributed by atoms with E-state index in [4.69, 9.17) is 11.6 Å².